The van der Waals surface area contributed by atoms with E-state index in [1.54, 1.807) is 14.2 Å². The molecule has 0 bridgehead atoms. The second-order valence-electron chi connectivity index (χ2n) is 9.03. The Morgan fingerprint density at radius 2 is 1.42 bits per heavy atom. The van der Waals surface area contributed by atoms with E-state index in [2.05, 4.69) is 89.2 Å². The molecule has 0 radical (unpaired) electrons. The highest BCUT2D eigenvalue weighted by molar-refractivity contribution is 6.04. The SMILES string of the molecule is COCCN(CCOC)CC(O)Cn1c(-c2ccccc2)c(-c2ccccc2)c2cc(C)ccc21.Cl. The van der Waals surface area contributed by atoms with Gasteiger partial charge in [-0.1, -0.05) is 72.3 Å². The Labute approximate surface area is 220 Å². The number of aryl methyl sites for hydroxylation is 1. The number of benzene rings is 3. The number of halogens is 1. The molecule has 1 aromatic heterocycles. The maximum atomic E-state index is 11.3. The number of rotatable bonds is 12. The maximum absolute atomic E-state index is 11.3. The molecule has 1 N–H and O–H groups in total. The van der Waals surface area contributed by atoms with Crippen molar-refractivity contribution < 1.29 is 14.6 Å². The third kappa shape index (κ3) is 6.55. The minimum Gasteiger partial charge on any atom is -0.390 e. The van der Waals surface area contributed by atoms with E-state index in [9.17, 15) is 5.11 Å². The van der Waals surface area contributed by atoms with Gasteiger partial charge >= 0.3 is 0 Å². The quantitative estimate of drug-likeness (QED) is 0.268. The van der Waals surface area contributed by atoms with Crippen molar-refractivity contribution in [2.24, 2.45) is 0 Å². The lowest BCUT2D eigenvalue weighted by Crippen LogP contribution is -2.38. The minimum absolute atomic E-state index is 0. The summed E-state index contributed by atoms with van der Waals surface area (Å²) in [5.74, 6) is 0. The van der Waals surface area contributed by atoms with E-state index >= 15 is 0 Å². The number of nitrogens with zero attached hydrogens (tertiary/aromatic N) is 2. The van der Waals surface area contributed by atoms with Gasteiger partial charge in [-0.25, -0.2) is 0 Å². The van der Waals surface area contributed by atoms with Crippen LogP contribution in [0.5, 0.6) is 0 Å². The lowest BCUT2D eigenvalue weighted by atomic mass is 9.98. The van der Waals surface area contributed by atoms with Gasteiger partial charge in [0.05, 0.1) is 31.6 Å². The highest BCUT2D eigenvalue weighted by Crippen LogP contribution is 2.41. The van der Waals surface area contributed by atoms with Crippen LogP contribution in [0.15, 0.2) is 78.9 Å². The third-order valence-electron chi connectivity index (χ3n) is 6.41. The van der Waals surface area contributed by atoms with Crippen molar-refractivity contribution in [2.45, 2.75) is 19.6 Å². The zero-order valence-corrected chi connectivity index (χ0v) is 22.2. The van der Waals surface area contributed by atoms with E-state index < -0.39 is 6.10 Å². The van der Waals surface area contributed by atoms with E-state index in [0.29, 0.717) is 26.3 Å². The largest absolute Gasteiger partial charge is 0.390 e. The Morgan fingerprint density at radius 3 is 2.00 bits per heavy atom. The summed E-state index contributed by atoms with van der Waals surface area (Å²) in [6, 6.07) is 27.6. The van der Waals surface area contributed by atoms with Crippen LogP contribution in [0.25, 0.3) is 33.3 Å². The number of aliphatic hydroxyl groups excluding tert-OH is 1. The zero-order chi connectivity index (χ0) is 24.6. The molecule has 3 aromatic carbocycles. The summed E-state index contributed by atoms with van der Waals surface area (Å²) in [7, 11) is 3.41. The van der Waals surface area contributed by atoms with Crippen LogP contribution < -0.4 is 0 Å². The number of methoxy groups -OCH3 is 2. The fourth-order valence-electron chi connectivity index (χ4n) is 4.75. The normalized spacial score (nSPS) is 12.1. The smallest absolute Gasteiger partial charge is 0.0846 e. The molecule has 4 rings (SSSR count). The van der Waals surface area contributed by atoms with Crippen molar-refractivity contribution in [3.63, 3.8) is 0 Å². The predicted octanol–water partition coefficient (Wildman–Crippen LogP) is 5.66. The van der Waals surface area contributed by atoms with Gasteiger partial charge in [0.1, 0.15) is 0 Å². The maximum Gasteiger partial charge on any atom is 0.0846 e. The first kappa shape index (κ1) is 27.9. The fourth-order valence-corrected chi connectivity index (χ4v) is 4.75. The standard InChI is InChI=1S/C30H36N2O3.ClH/c1-23-14-15-28-27(20-23)29(24-10-6-4-7-11-24)30(25-12-8-5-9-13-25)32(28)22-26(33)21-31(16-18-34-2)17-19-35-3;/h4-15,20,26,33H,16-19,21-22H2,1-3H3;1H. The van der Waals surface area contributed by atoms with Gasteiger partial charge in [0.2, 0.25) is 0 Å². The molecule has 0 spiro atoms. The summed E-state index contributed by atoms with van der Waals surface area (Å²) < 4.78 is 12.9. The van der Waals surface area contributed by atoms with Crippen LogP contribution in [0.2, 0.25) is 0 Å². The highest BCUT2D eigenvalue weighted by Gasteiger charge is 2.22. The van der Waals surface area contributed by atoms with Gasteiger partial charge in [0.15, 0.2) is 0 Å². The molecule has 0 aliphatic heterocycles. The van der Waals surface area contributed by atoms with Crippen molar-refractivity contribution in [2.75, 3.05) is 47.1 Å². The van der Waals surface area contributed by atoms with Gasteiger partial charge in [0.25, 0.3) is 0 Å². The first-order chi connectivity index (χ1) is 17.1. The molecular weight excluding hydrogens is 472 g/mol. The Morgan fingerprint density at radius 1 is 0.833 bits per heavy atom. The first-order valence-corrected chi connectivity index (χ1v) is 12.2. The minimum atomic E-state index is -0.549. The lowest BCUT2D eigenvalue weighted by molar-refractivity contribution is 0.0634. The van der Waals surface area contributed by atoms with Crippen LogP contribution >= 0.6 is 12.4 Å². The summed E-state index contributed by atoms with van der Waals surface area (Å²) in [4.78, 5) is 2.20. The van der Waals surface area contributed by atoms with Crippen LogP contribution in [0, 0.1) is 6.92 Å². The average Bonchev–Trinajstić information content (AvgIpc) is 3.19. The average molecular weight is 509 g/mol. The number of aliphatic hydroxyl groups is 1. The zero-order valence-electron chi connectivity index (χ0n) is 21.4. The molecule has 0 aliphatic rings. The van der Waals surface area contributed by atoms with Crippen LogP contribution in [0.4, 0.5) is 0 Å². The monoisotopic (exact) mass is 508 g/mol. The summed E-state index contributed by atoms with van der Waals surface area (Å²) in [5.41, 5.74) is 7.01. The number of hydrogen-bond acceptors (Lipinski definition) is 4. The third-order valence-corrected chi connectivity index (χ3v) is 6.41. The molecule has 1 atom stereocenters. The van der Waals surface area contributed by atoms with Crippen molar-refractivity contribution >= 4 is 23.3 Å². The molecule has 192 valence electrons. The fraction of sp³-hybridized carbons (Fsp3) is 0.333. The van der Waals surface area contributed by atoms with Crippen molar-refractivity contribution in [3.05, 3.63) is 84.4 Å². The lowest BCUT2D eigenvalue weighted by Gasteiger charge is -2.25. The van der Waals surface area contributed by atoms with Gasteiger partial charge in [-0.05, 0) is 30.2 Å². The topological polar surface area (TPSA) is 46.9 Å². The second-order valence-corrected chi connectivity index (χ2v) is 9.03. The van der Waals surface area contributed by atoms with Gasteiger partial charge in [-0.3, -0.25) is 4.90 Å². The predicted molar refractivity (Wildman–Crippen MR) is 151 cm³/mol. The highest BCUT2D eigenvalue weighted by atomic mass is 35.5. The van der Waals surface area contributed by atoms with E-state index in [-0.39, 0.29) is 12.4 Å². The molecule has 0 amide bonds. The molecule has 0 saturated heterocycles. The summed E-state index contributed by atoms with van der Waals surface area (Å²) in [6.45, 7) is 5.92. The van der Waals surface area contributed by atoms with E-state index in [4.69, 9.17) is 9.47 Å². The van der Waals surface area contributed by atoms with Gasteiger partial charge in [0, 0.05) is 50.3 Å². The number of fused-ring (bicyclic) bond motifs is 1. The second kappa shape index (κ2) is 13.6. The number of hydrogen-bond donors (Lipinski definition) is 1. The van der Waals surface area contributed by atoms with Crippen molar-refractivity contribution in [1.29, 1.82) is 0 Å². The molecule has 5 nitrogen and oxygen atoms in total. The van der Waals surface area contributed by atoms with Gasteiger partial charge in [-0.15, -0.1) is 12.4 Å². The molecule has 36 heavy (non-hydrogen) atoms. The van der Waals surface area contributed by atoms with E-state index in [0.717, 1.165) is 29.9 Å². The number of ether oxygens (including phenoxy) is 2. The summed E-state index contributed by atoms with van der Waals surface area (Å²) in [5, 5.41) is 12.5. The summed E-state index contributed by atoms with van der Waals surface area (Å²) >= 11 is 0. The molecule has 0 fully saturated rings. The molecular formula is C30H37ClN2O3. The molecule has 1 unspecified atom stereocenters. The first-order valence-electron chi connectivity index (χ1n) is 12.2. The molecule has 6 heteroatoms. The molecule has 0 saturated carbocycles. The Kier molecular flexibility index (Phi) is 10.5. The van der Waals surface area contributed by atoms with Gasteiger partial charge < -0.3 is 19.1 Å². The molecule has 4 aromatic rings. The molecule has 0 aliphatic carbocycles. The van der Waals surface area contributed by atoms with E-state index in [1.807, 2.05) is 6.07 Å². The summed E-state index contributed by atoms with van der Waals surface area (Å²) in [6.07, 6.45) is -0.549. The van der Waals surface area contributed by atoms with Crippen LogP contribution in [-0.2, 0) is 16.0 Å². The molecule has 1 heterocycles. The van der Waals surface area contributed by atoms with Crippen LogP contribution in [0.1, 0.15) is 5.56 Å². The van der Waals surface area contributed by atoms with Crippen LogP contribution in [0.3, 0.4) is 0 Å². The Balaban J connectivity index is 0.00000361. The van der Waals surface area contributed by atoms with E-state index in [1.165, 1.54) is 22.1 Å². The van der Waals surface area contributed by atoms with Crippen molar-refractivity contribution in [1.82, 2.24) is 9.47 Å². The van der Waals surface area contributed by atoms with Crippen molar-refractivity contribution in [3.8, 4) is 22.4 Å². The Hall–Kier alpha value is -2.67. The number of aromatic nitrogens is 1. The Bertz CT molecular complexity index is 1200. The van der Waals surface area contributed by atoms with Gasteiger partial charge in [-0.2, -0.15) is 0 Å². The van der Waals surface area contributed by atoms with Crippen LogP contribution in [-0.4, -0.2) is 67.7 Å².